The minimum atomic E-state index is 0.161. The van der Waals surface area contributed by atoms with Gasteiger partial charge in [0, 0.05) is 13.1 Å². The largest absolute Gasteiger partial charge is 0.493 e. The average molecular weight is 320 g/mol. The van der Waals surface area contributed by atoms with Gasteiger partial charge in [-0.05, 0) is 48.6 Å². The average Bonchev–Trinajstić information content (AvgIpc) is 2.56. The molecule has 1 aliphatic rings. The van der Waals surface area contributed by atoms with Gasteiger partial charge in [0.1, 0.15) is 0 Å². The second-order valence-electron chi connectivity index (χ2n) is 6.40. The van der Waals surface area contributed by atoms with E-state index in [1.807, 2.05) is 17.0 Å². The van der Waals surface area contributed by atoms with Crippen molar-refractivity contribution in [3.8, 4) is 11.5 Å². The lowest BCUT2D eigenvalue weighted by Gasteiger charge is -2.29. The lowest BCUT2D eigenvalue weighted by atomic mass is 9.98. The molecule has 5 heteroatoms. The van der Waals surface area contributed by atoms with E-state index < -0.39 is 0 Å². The predicted molar refractivity (Wildman–Crippen MR) is 91.0 cm³/mol. The third-order valence-corrected chi connectivity index (χ3v) is 4.25. The Labute approximate surface area is 139 Å². The van der Waals surface area contributed by atoms with Crippen LogP contribution in [0.3, 0.4) is 0 Å². The summed E-state index contributed by atoms with van der Waals surface area (Å²) in [5.74, 6) is 2.29. The zero-order chi connectivity index (χ0) is 16.8. The van der Waals surface area contributed by atoms with Crippen LogP contribution in [0.5, 0.6) is 11.5 Å². The number of carbonyl (C=O) groups excluding carboxylic acids is 1. The maximum absolute atomic E-state index is 12.3. The molecular weight excluding hydrogens is 292 g/mol. The molecular formula is C18H28N2O3. The lowest BCUT2D eigenvalue weighted by Crippen LogP contribution is -2.41. The van der Waals surface area contributed by atoms with Crippen LogP contribution in [0.1, 0.15) is 31.4 Å². The highest BCUT2D eigenvalue weighted by Crippen LogP contribution is 2.33. The summed E-state index contributed by atoms with van der Waals surface area (Å²) in [6.07, 6.45) is 1.94. The normalized spacial score (nSPS) is 13.9. The zero-order valence-corrected chi connectivity index (χ0v) is 14.6. The van der Waals surface area contributed by atoms with E-state index >= 15 is 0 Å². The van der Waals surface area contributed by atoms with Crippen molar-refractivity contribution in [2.75, 3.05) is 33.9 Å². The van der Waals surface area contributed by atoms with E-state index in [0.29, 0.717) is 19.0 Å². The second kappa shape index (κ2) is 8.20. The Hall–Kier alpha value is -1.75. The van der Waals surface area contributed by atoms with E-state index in [1.165, 1.54) is 5.56 Å². The highest BCUT2D eigenvalue weighted by atomic mass is 16.5. The van der Waals surface area contributed by atoms with Gasteiger partial charge in [-0.3, -0.25) is 4.79 Å². The number of benzene rings is 1. The van der Waals surface area contributed by atoms with Gasteiger partial charge in [-0.2, -0.15) is 0 Å². The van der Waals surface area contributed by atoms with Gasteiger partial charge < -0.3 is 19.7 Å². The fourth-order valence-electron chi connectivity index (χ4n) is 2.79. The number of hydrogen-bond acceptors (Lipinski definition) is 4. The van der Waals surface area contributed by atoms with Gasteiger partial charge in [0.25, 0.3) is 0 Å². The van der Waals surface area contributed by atoms with Crippen LogP contribution in [0.15, 0.2) is 12.1 Å². The van der Waals surface area contributed by atoms with Gasteiger partial charge in [-0.1, -0.05) is 13.8 Å². The smallest absolute Gasteiger partial charge is 0.236 e. The zero-order valence-electron chi connectivity index (χ0n) is 14.6. The van der Waals surface area contributed by atoms with Gasteiger partial charge >= 0.3 is 0 Å². The Morgan fingerprint density at radius 2 is 1.87 bits per heavy atom. The highest BCUT2D eigenvalue weighted by molar-refractivity contribution is 5.78. The molecule has 1 N–H and O–H groups in total. The number of hydrogen-bond donors (Lipinski definition) is 1. The second-order valence-corrected chi connectivity index (χ2v) is 6.40. The molecule has 0 spiro atoms. The molecule has 0 unspecified atom stereocenters. The first-order valence-electron chi connectivity index (χ1n) is 8.27. The molecule has 0 fully saturated rings. The Morgan fingerprint density at radius 1 is 1.22 bits per heavy atom. The summed E-state index contributed by atoms with van der Waals surface area (Å²) in [7, 11) is 3.28. The summed E-state index contributed by atoms with van der Waals surface area (Å²) in [6, 6.07) is 4.01. The van der Waals surface area contributed by atoms with E-state index in [9.17, 15) is 4.79 Å². The quantitative estimate of drug-likeness (QED) is 0.783. The summed E-state index contributed by atoms with van der Waals surface area (Å²) < 4.78 is 10.7. The van der Waals surface area contributed by atoms with Gasteiger partial charge in [-0.15, -0.1) is 0 Å². The molecule has 2 rings (SSSR count). The molecule has 0 bridgehead atoms. The number of nitrogens with zero attached hydrogens (tertiary/aromatic N) is 1. The molecule has 0 aromatic heterocycles. The fraction of sp³-hybridized carbons (Fsp3) is 0.611. The van der Waals surface area contributed by atoms with Crippen molar-refractivity contribution in [2.24, 2.45) is 5.92 Å². The van der Waals surface area contributed by atoms with Gasteiger partial charge in [-0.25, -0.2) is 0 Å². The molecule has 1 aliphatic heterocycles. The highest BCUT2D eigenvalue weighted by Gasteiger charge is 2.22. The molecule has 1 aromatic rings. The standard InChI is InChI=1S/C18H28N2O3/c1-13(2)5-7-19-11-18(21)20-8-6-14-9-16(22-3)17(23-4)10-15(14)12-20/h9-10,13,19H,5-8,11-12H2,1-4H3. The maximum atomic E-state index is 12.3. The van der Waals surface area contributed by atoms with Crippen molar-refractivity contribution in [1.29, 1.82) is 0 Å². The van der Waals surface area contributed by atoms with Crippen LogP contribution < -0.4 is 14.8 Å². The minimum Gasteiger partial charge on any atom is -0.493 e. The number of nitrogens with one attached hydrogen (secondary N) is 1. The topological polar surface area (TPSA) is 50.8 Å². The fourth-order valence-corrected chi connectivity index (χ4v) is 2.79. The Bertz CT molecular complexity index is 543. The molecule has 128 valence electrons. The summed E-state index contributed by atoms with van der Waals surface area (Å²) in [4.78, 5) is 14.3. The van der Waals surface area contributed by atoms with Crippen LogP contribution in [-0.2, 0) is 17.8 Å². The number of carbonyl (C=O) groups is 1. The van der Waals surface area contributed by atoms with E-state index in [4.69, 9.17) is 9.47 Å². The maximum Gasteiger partial charge on any atom is 0.236 e. The first kappa shape index (κ1) is 17.6. The van der Waals surface area contributed by atoms with Crippen molar-refractivity contribution in [3.05, 3.63) is 23.3 Å². The molecule has 0 saturated heterocycles. The molecule has 1 amide bonds. The Kier molecular flexibility index (Phi) is 6.28. The summed E-state index contributed by atoms with van der Waals surface area (Å²) in [5, 5.41) is 3.24. The molecule has 1 aromatic carbocycles. The Morgan fingerprint density at radius 3 is 2.48 bits per heavy atom. The van der Waals surface area contributed by atoms with E-state index in [2.05, 4.69) is 19.2 Å². The summed E-state index contributed by atoms with van der Waals surface area (Å²) >= 11 is 0. The first-order valence-corrected chi connectivity index (χ1v) is 8.27. The predicted octanol–water partition coefficient (Wildman–Crippen LogP) is 2.22. The Balaban J connectivity index is 1.95. The number of amides is 1. The lowest BCUT2D eigenvalue weighted by molar-refractivity contribution is -0.131. The van der Waals surface area contributed by atoms with Crippen molar-refractivity contribution >= 4 is 5.91 Å². The van der Waals surface area contributed by atoms with Crippen LogP contribution in [-0.4, -0.2) is 44.7 Å². The molecule has 0 aliphatic carbocycles. The number of ether oxygens (including phenoxy) is 2. The number of methoxy groups -OCH3 is 2. The van der Waals surface area contributed by atoms with Crippen LogP contribution >= 0.6 is 0 Å². The van der Waals surface area contributed by atoms with E-state index in [-0.39, 0.29) is 5.91 Å². The van der Waals surface area contributed by atoms with Crippen LogP contribution in [0.4, 0.5) is 0 Å². The molecule has 0 atom stereocenters. The van der Waals surface area contributed by atoms with Gasteiger partial charge in [0.2, 0.25) is 5.91 Å². The minimum absolute atomic E-state index is 0.161. The molecule has 5 nitrogen and oxygen atoms in total. The molecule has 23 heavy (non-hydrogen) atoms. The van der Waals surface area contributed by atoms with Crippen LogP contribution in [0.25, 0.3) is 0 Å². The first-order chi connectivity index (χ1) is 11.0. The molecule has 1 heterocycles. The monoisotopic (exact) mass is 320 g/mol. The van der Waals surface area contributed by atoms with E-state index in [1.54, 1.807) is 14.2 Å². The van der Waals surface area contributed by atoms with E-state index in [0.717, 1.165) is 43.0 Å². The van der Waals surface area contributed by atoms with Crippen LogP contribution in [0, 0.1) is 5.92 Å². The molecule has 0 saturated carbocycles. The number of rotatable bonds is 7. The third-order valence-electron chi connectivity index (χ3n) is 4.25. The van der Waals surface area contributed by atoms with Crippen LogP contribution in [0.2, 0.25) is 0 Å². The molecule has 0 radical (unpaired) electrons. The van der Waals surface area contributed by atoms with Crippen molar-refractivity contribution in [2.45, 2.75) is 33.2 Å². The van der Waals surface area contributed by atoms with Gasteiger partial charge in [0.05, 0.1) is 20.8 Å². The van der Waals surface area contributed by atoms with Crippen molar-refractivity contribution in [3.63, 3.8) is 0 Å². The third kappa shape index (κ3) is 4.61. The van der Waals surface area contributed by atoms with Crippen molar-refractivity contribution < 1.29 is 14.3 Å². The van der Waals surface area contributed by atoms with Crippen molar-refractivity contribution in [1.82, 2.24) is 10.2 Å². The summed E-state index contributed by atoms with van der Waals surface area (Å²) in [6.45, 7) is 7.07. The SMILES string of the molecule is COc1cc2c(cc1OC)CN(C(=O)CNCCC(C)C)CC2. The summed E-state index contributed by atoms with van der Waals surface area (Å²) in [5.41, 5.74) is 2.38. The number of fused-ring (bicyclic) bond motifs is 1. The van der Waals surface area contributed by atoms with Gasteiger partial charge in [0.15, 0.2) is 11.5 Å².